The van der Waals surface area contributed by atoms with Crippen LogP contribution in [0.25, 0.3) is 0 Å². The van der Waals surface area contributed by atoms with Crippen LogP contribution in [0.5, 0.6) is 0 Å². The van der Waals surface area contributed by atoms with E-state index in [1.165, 1.54) is 0 Å². The van der Waals surface area contributed by atoms with Gasteiger partial charge in [-0.15, -0.1) is 0 Å². The lowest BCUT2D eigenvalue weighted by atomic mass is 10.1. The molecule has 19 heavy (non-hydrogen) atoms. The molecule has 0 aliphatic rings. The highest BCUT2D eigenvalue weighted by atomic mass is 35.5. The lowest BCUT2D eigenvalue weighted by Gasteiger charge is -2.03. The van der Waals surface area contributed by atoms with Crippen LogP contribution in [0.3, 0.4) is 0 Å². The fourth-order valence-electron chi connectivity index (χ4n) is 1.57. The Balaban J connectivity index is 2.08. The number of carbonyl (C=O) groups is 1. The van der Waals surface area contributed by atoms with Crippen LogP contribution in [0.15, 0.2) is 59.7 Å². The Labute approximate surface area is 116 Å². The maximum atomic E-state index is 11.9. The van der Waals surface area contributed by atoms with E-state index in [9.17, 15) is 4.79 Å². The van der Waals surface area contributed by atoms with Gasteiger partial charge in [0, 0.05) is 10.6 Å². The van der Waals surface area contributed by atoms with Crippen LogP contribution < -0.4 is 5.43 Å². The summed E-state index contributed by atoms with van der Waals surface area (Å²) in [5.41, 5.74) is 4.71. The number of hydrogen-bond donors (Lipinski definition) is 1. The van der Waals surface area contributed by atoms with Crippen LogP contribution in [-0.2, 0) is 0 Å². The van der Waals surface area contributed by atoms with Crippen LogP contribution in [0.2, 0.25) is 5.02 Å². The number of hydrogen-bond acceptors (Lipinski definition) is 2. The molecule has 2 aromatic rings. The summed E-state index contributed by atoms with van der Waals surface area (Å²) in [7, 11) is 0. The molecule has 4 heteroatoms. The Bertz CT molecular complexity index is 609. The molecular weight excluding hydrogens is 260 g/mol. The quantitative estimate of drug-likeness (QED) is 0.674. The van der Waals surface area contributed by atoms with Gasteiger partial charge in [-0.25, -0.2) is 5.43 Å². The Hall–Kier alpha value is -2.13. The van der Waals surface area contributed by atoms with E-state index < -0.39 is 0 Å². The Morgan fingerprint density at radius 1 is 1.05 bits per heavy atom. The molecule has 0 saturated carbocycles. The van der Waals surface area contributed by atoms with Gasteiger partial charge >= 0.3 is 0 Å². The van der Waals surface area contributed by atoms with Gasteiger partial charge in [0.05, 0.1) is 5.71 Å². The van der Waals surface area contributed by atoms with Gasteiger partial charge in [0.25, 0.3) is 5.91 Å². The molecule has 0 spiro atoms. The van der Waals surface area contributed by atoms with Gasteiger partial charge in [0.15, 0.2) is 0 Å². The molecule has 96 valence electrons. The zero-order chi connectivity index (χ0) is 13.7. The van der Waals surface area contributed by atoms with Crippen LogP contribution in [0, 0.1) is 0 Å². The molecule has 1 amide bonds. The summed E-state index contributed by atoms with van der Waals surface area (Å²) in [4.78, 5) is 11.9. The highest BCUT2D eigenvalue weighted by molar-refractivity contribution is 6.30. The molecular formula is C15H13ClN2O. The molecule has 0 saturated heterocycles. The molecule has 0 aromatic heterocycles. The first-order chi connectivity index (χ1) is 9.16. The molecule has 2 aromatic carbocycles. The van der Waals surface area contributed by atoms with Gasteiger partial charge in [0.2, 0.25) is 0 Å². The number of halogens is 1. The summed E-state index contributed by atoms with van der Waals surface area (Å²) in [6, 6.07) is 16.4. The van der Waals surface area contributed by atoms with Crippen molar-refractivity contribution in [1.82, 2.24) is 5.43 Å². The van der Waals surface area contributed by atoms with E-state index in [0.717, 1.165) is 11.3 Å². The highest BCUT2D eigenvalue weighted by Gasteiger charge is 2.05. The van der Waals surface area contributed by atoms with Crippen molar-refractivity contribution < 1.29 is 4.79 Å². The molecule has 3 nitrogen and oxygen atoms in total. The topological polar surface area (TPSA) is 41.5 Å². The molecule has 0 aliphatic heterocycles. The molecule has 0 fully saturated rings. The van der Waals surface area contributed by atoms with Crippen molar-refractivity contribution in [1.29, 1.82) is 0 Å². The molecule has 0 heterocycles. The van der Waals surface area contributed by atoms with Crippen LogP contribution in [-0.4, -0.2) is 11.6 Å². The zero-order valence-electron chi connectivity index (χ0n) is 10.4. The number of rotatable bonds is 3. The number of hydrazone groups is 1. The predicted octanol–water partition coefficient (Wildman–Crippen LogP) is 3.49. The smallest absolute Gasteiger partial charge is 0.267 e. The molecule has 0 atom stereocenters. The summed E-state index contributed by atoms with van der Waals surface area (Å²) >= 11 is 5.83. The summed E-state index contributed by atoms with van der Waals surface area (Å²) in [6.07, 6.45) is 0. The molecule has 0 bridgehead atoms. The molecule has 1 N–H and O–H groups in total. The average Bonchev–Trinajstić information content (AvgIpc) is 2.45. The van der Waals surface area contributed by atoms with Crippen molar-refractivity contribution >= 4 is 23.2 Å². The number of carbonyl (C=O) groups excluding carboxylic acids is 1. The Kier molecular flexibility index (Phi) is 4.31. The summed E-state index contributed by atoms with van der Waals surface area (Å²) < 4.78 is 0. The van der Waals surface area contributed by atoms with E-state index in [-0.39, 0.29) is 5.91 Å². The van der Waals surface area contributed by atoms with Crippen LogP contribution in [0.4, 0.5) is 0 Å². The number of nitrogens with zero attached hydrogens (tertiary/aromatic N) is 1. The number of amides is 1. The lowest BCUT2D eigenvalue weighted by molar-refractivity contribution is 0.0955. The molecule has 0 radical (unpaired) electrons. The first-order valence-corrected chi connectivity index (χ1v) is 6.20. The van der Waals surface area contributed by atoms with Crippen LogP contribution in [0.1, 0.15) is 22.8 Å². The second-order valence-electron chi connectivity index (χ2n) is 4.01. The van der Waals surface area contributed by atoms with Crippen molar-refractivity contribution in [2.24, 2.45) is 5.10 Å². The van der Waals surface area contributed by atoms with Gasteiger partial charge in [-0.1, -0.05) is 48.0 Å². The van der Waals surface area contributed by atoms with Gasteiger partial charge in [-0.2, -0.15) is 5.10 Å². The fourth-order valence-corrected chi connectivity index (χ4v) is 1.76. The van der Waals surface area contributed by atoms with E-state index in [1.807, 2.05) is 37.3 Å². The number of benzene rings is 2. The predicted molar refractivity (Wildman–Crippen MR) is 77.6 cm³/mol. The van der Waals surface area contributed by atoms with E-state index in [4.69, 9.17) is 11.6 Å². The van der Waals surface area contributed by atoms with Crippen LogP contribution >= 0.6 is 11.6 Å². The zero-order valence-corrected chi connectivity index (χ0v) is 11.2. The van der Waals surface area contributed by atoms with Gasteiger partial charge < -0.3 is 0 Å². The largest absolute Gasteiger partial charge is 0.271 e. The van der Waals surface area contributed by atoms with E-state index in [0.29, 0.717) is 10.6 Å². The van der Waals surface area contributed by atoms with Gasteiger partial charge in [0.1, 0.15) is 0 Å². The van der Waals surface area contributed by atoms with Crippen molar-refractivity contribution in [3.05, 3.63) is 70.7 Å². The summed E-state index contributed by atoms with van der Waals surface area (Å²) in [5, 5.41) is 4.60. The second-order valence-corrected chi connectivity index (χ2v) is 4.45. The maximum Gasteiger partial charge on any atom is 0.271 e. The minimum absolute atomic E-state index is 0.280. The molecule has 2 rings (SSSR count). The van der Waals surface area contributed by atoms with Crippen molar-refractivity contribution in [2.75, 3.05) is 0 Å². The second kappa shape index (κ2) is 6.16. The van der Waals surface area contributed by atoms with Gasteiger partial charge in [-0.05, 0) is 30.7 Å². The van der Waals surface area contributed by atoms with Gasteiger partial charge in [-0.3, -0.25) is 4.79 Å². The van der Waals surface area contributed by atoms with E-state index in [1.54, 1.807) is 24.3 Å². The minimum Gasteiger partial charge on any atom is -0.267 e. The first-order valence-electron chi connectivity index (χ1n) is 5.82. The Morgan fingerprint density at radius 3 is 2.42 bits per heavy atom. The number of nitrogens with one attached hydrogen (secondary N) is 1. The third-order valence-electron chi connectivity index (χ3n) is 2.60. The van der Waals surface area contributed by atoms with Crippen molar-refractivity contribution in [2.45, 2.75) is 6.92 Å². The third kappa shape index (κ3) is 3.66. The first kappa shape index (κ1) is 13.3. The minimum atomic E-state index is -0.280. The van der Waals surface area contributed by atoms with Crippen molar-refractivity contribution in [3.8, 4) is 0 Å². The summed E-state index contributed by atoms with van der Waals surface area (Å²) in [6.45, 7) is 1.84. The average molecular weight is 273 g/mol. The SMILES string of the molecule is CC(=NNC(=O)c1cccc(Cl)c1)c1ccccc1. The highest BCUT2D eigenvalue weighted by Crippen LogP contribution is 2.10. The van der Waals surface area contributed by atoms with E-state index >= 15 is 0 Å². The lowest BCUT2D eigenvalue weighted by Crippen LogP contribution is -2.19. The summed E-state index contributed by atoms with van der Waals surface area (Å²) in [5.74, 6) is -0.280. The maximum absolute atomic E-state index is 11.9. The monoisotopic (exact) mass is 272 g/mol. The van der Waals surface area contributed by atoms with Crippen molar-refractivity contribution in [3.63, 3.8) is 0 Å². The molecule has 0 aliphatic carbocycles. The third-order valence-corrected chi connectivity index (χ3v) is 2.84. The van der Waals surface area contributed by atoms with E-state index in [2.05, 4.69) is 10.5 Å². The Morgan fingerprint density at radius 2 is 1.74 bits per heavy atom. The molecule has 0 unspecified atom stereocenters. The standard InChI is InChI=1S/C15H13ClN2O/c1-11(12-6-3-2-4-7-12)17-18-15(19)13-8-5-9-14(16)10-13/h2-10H,1H3,(H,18,19). The fraction of sp³-hybridized carbons (Fsp3) is 0.0667. The normalized spacial score (nSPS) is 11.2.